The quantitative estimate of drug-likeness (QED) is 0.477. The molecule has 0 radical (unpaired) electrons. The predicted octanol–water partition coefficient (Wildman–Crippen LogP) is 3.86. The Morgan fingerprint density at radius 3 is 2.64 bits per heavy atom. The van der Waals surface area contributed by atoms with E-state index in [1.54, 1.807) is 0 Å². The highest BCUT2D eigenvalue weighted by Crippen LogP contribution is 2.20. The monoisotopic (exact) mass is 194 g/mol. The Kier molecular flexibility index (Phi) is 6.42. The molecule has 0 saturated heterocycles. The van der Waals surface area contributed by atoms with Gasteiger partial charge in [0, 0.05) is 0 Å². The van der Waals surface area contributed by atoms with Crippen LogP contribution in [0, 0.1) is 0 Å². The molecule has 1 nitrogen and oxygen atoms in total. The van der Waals surface area contributed by atoms with Crippen LogP contribution in [0.15, 0.2) is 24.3 Å². The van der Waals surface area contributed by atoms with Crippen molar-refractivity contribution in [3.05, 3.63) is 24.3 Å². The second-order valence-corrected chi connectivity index (χ2v) is 3.87. The Bertz CT molecular complexity index is 176. The van der Waals surface area contributed by atoms with Crippen LogP contribution in [-0.4, -0.2) is 12.7 Å². The molecule has 80 valence electrons. The average molecular weight is 194 g/mol. The van der Waals surface area contributed by atoms with Crippen LogP contribution in [0.1, 0.15) is 45.4 Å². The van der Waals surface area contributed by atoms with E-state index < -0.39 is 0 Å². The molecule has 1 fully saturated rings. The van der Waals surface area contributed by atoms with Crippen molar-refractivity contribution >= 4 is 0 Å². The molecular weight excluding hydrogens is 172 g/mol. The highest BCUT2D eigenvalue weighted by atomic mass is 16.5. The molecule has 0 aromatic carbocycles. The van der Waals surface area contributed by atoms with E-state index in [1.165, 1.54) is 32.1 Å². The van der Waals surface area contributed by atoms with Crippen LogP contribution < -0.4 is 0 Å². The van der Waals surface area contributed by atoms with Gasteiger partial charge in [-0.1, -0.05) is 43.6 Å². The summed E-state index contributed by atoms with van der Waals surface area (Å²) in [6.07, 6.45) is 16.6. The van der Waals surface area contributed by atoms with E-state index in [0.29, 0.717) is 6.10 Å². The first-order valence-electron chi connectivity index (χ1n) is 5.83. The van der Waals surface area contributed by atoms with Gasteiger partial charge < -0.3 is 4.74 Å². The van der Waals surface area contributed by atoms with Crippen LogP contribution in [0.5, 0.6) is 0 Å². The highest BCUT2D eigenvalue weighted by molar-refractivity contribution is 5.00. The van der Waals surface area contributed by atoms with Crippen molar-refractivity contribution in [3.8, 4) is 0 Å². The van der Waals surface area contributed by atoms with Gasteiger partial charge in [-0.2, -0.15) is 0 Å². The van der Waals surface area contributed by atoms with Crippen molar-refractivity contribution in [2.45, 2.75) is 51.6 Å². The van der Waals surface area contributed by atoms with Crippen LogP contribution in [0.25, 0.3) is 0 Å². The maximum atomic E-state index is 5.79. The fraction of sp³-hybridized carbons (Fsp3) is 0.692. The fourth-order valence-corrected chi connectivity index (χ4v) is 1.82. The molecule has 1 aliphatic rings. The summed E-state index contributed by atoms with van der Waals surface area (Å²) in [7, 11) is 0. The summed E-state index contributed by atoms with van der Waals surface area (Å²) in [6.45, 7) is 2.92. The summed E-state index contributed by atoms with van der Waals surface area (Å²) in [5.41, 5.74) is 0. The molecule has 0 bridgehead atoms. The van der Waals surface area contributed by atoms with Crippen molar-refractivity contribution in [2.75, 3.05) is 6.61 Å². The summed E-state index contributed by atoms with van der Waals surface area (Å²) in [6, 6.07) is 0. The van der Waals surface area contributed by atoms with Gasteiger partial charge in [0.15, 0.2) is 0 Å². The van der Waals surface area contributed by atoms with Crippen molar-refractivity contribution < 1.29 is 4.74 Å². The molecule has 0 aromatic heterocycles. The van der Waals surface area contributed by atoms with Gasteiger partial charge in [0.2, 0.25) is 0 Å². The Balaban J connectivity index is 1.97. The predicted molar refractivity (Wildman–Crippen MR) is 61.4 cm³/mol. The SMILES string of the molecule is C/C=C\C=C/CCOC1CCCCC1. The summed E-state index contributed by atoms with van der Waals surface area (Å²) in [5.74, 6) is 0. The first kappa shape index (κ1) is 11.5. The van der Waals surface area contributed by atoms with Crippen LogP contribution in [0.4, 0.5) is 0 Å². The molecule has 0 aliphatic heterocycles. The van der Waals surface area contributed by atoms with E-state index in [9.17, 15) is 0 Å². The maximum Gasteiger partial charge on any atom is 0.0575 e. The number of hydrogen-bond donors (Lipinski definition) is 0. The Hall–Kier alpha value is -0.560. The second kappa shape index (κ2) is 7.81. The number of rotatable bonds is 5. The lowest BCUT2D eigenvalue weighted by Gasteiger charge is -2.21. The largest absolute Gasteiger partial charge is 0.378 e. The zero-order valence-corrected chi connectivity index (χ0v) is 9.24. The van der Waals surface area contributed by atoms with Gasteiger partial charge in [0.05, 0.1) is 12.7 Å². The van der Waals surface area contributed by atoms with Crippen molar-refractivity contribution in [3.63, 3.8) is 0 Å². The van der Waals surface area contributed by atoms with Gasteiger partial charge in [-0.25, -0.2) is 0 Å². The number of allylic oxidation sites excluding steroid dienone is 3. The Labute approximate surface area is 87.8 Å². The minimum absolute atomic E-state index is 0.555. The first-order chi connectivity index (χ1) is 6.93. The minimum Gasteiger partial charge on any atom is -0.378 e. The van der Waals surface area contributed by atoms with Gasteiger partial charge in [0.1, 0.15) is 0 Å². The molecule has 0 atom stereocenters. The molecule has 1 rings (SSSR count). The van der Waals surface area contributed by atoms with Crippen molar-refractivity contribution in [1.82, 2.24) is 0 Å². The molecule has 1 saturated carbocycles. The third-order valence-electron chi connectivity index (χ3n) is 2.63. The molecule has 0 N–H and O–H groups in total. The van der Waals surface area contributed by atoms with Crippen LogP contribution >= 0.6 is 0 Å². The van der Waals surface area contributed by atoms with E-state index in [4.69, 9.17) is 4.74 Å². The van der Waals surface area contributed by atoms with Gasteiger partial charge in [-0.3, -0.25) is 0 Å². The lowest BCUT2D eigenvalue weighted by atomic mass is 9.98. The van der Waals surface area contributed by atoms with Gasteiger partial charge in [0.25, 0.3) is 0 Å². The van der Waals surface area contributed by atoms with Crippen LogP contribution in [0.2, 0.25) is 0 Å². The topological polar surface area (TPSA) is 9.23 Å². The molecule has 1 heteroatoms. The maximum absolute atomic E-state index is 5.79. The molecular formula is C13H22O. The van der Waals surface area contributed by atoms with E-state index in [0.717, 1.165) is 13.0 Å². The van der Waals surface area contributed by atoms with Gasteiger partial charge in [-0.05, 0) is 26.2 Å². The standard InChI is InChI=1S/C13H22O/c1-2-3-4-5-9-12-14-13-10-7-6-8-11-13/h2-5,13H,6-12H2,1H3/b3-2-,5-4-. The third-order valence-corrected chi connectivity index (χ3v) is 2.63. The minimum atomic E-state index is 0.555. The molecule has 0 heterocycles. The lowest BCUT2D eigenvalue weighted by Crippen LogP contribution is -2.16. The van der Waals surface area contributed by atoms with Gasteiger partial charge >= 0.3 is 0 Å². The fourth-order valence-electron chi connectivity index (χ4n) is 1.82. The zero-order valence-electron chi connectivity index (χ0n) is 9.24. The van der Waals surface area contributed by atoms with Crippen molar-refractivity contribution in [1.29, 1.82) is 0 Å². The highest BCUT2D eigenvalue weighted by Gasteiger charge is 2.12. The average Bonchev–Trinajstić information content (AvgIpc) is 2.25. The summed E-state index contributed by atoms with van der Waals surface area (Å²) in [5, 5.41) is 0. The molecule has 0 amide bonds. The molecule has 14 heavy (non-hydrogen) atoms. The third kappa shape index (κ3) is 5.23. The smallest absolute Gasteiger partial charge is 0.0575 e. The number of hydrogen-bond acceptors (Lipinski definition) is 1. The van der Waals surface area contributed by atoms with E-state index in [-0.39, 0.29) is 0 Å². The van der Waals surface area contributed by atoms with E-state index >= 15 is 0 Å². The molecule has 0 spiro atoms. The van der Waals surface area contributed by atoms with Crippen LogP contribution in [0.3, 0.4) is 0 Å². The Morgan fingerprint density at radius 2 is 1.93 bits per heavy atom. The van der Waals surface area contributed by atoms with Crippen molar-refractivity contribution in [2.24, 2.45) is 0 Å². The number of ether oxygens (including phenoxy) is 1. The summed E-state index contributed by atoms with van der Waals surface area (Å²) < 4.78 is 5.79. The van der Waals surface area contributed by atoms with E-state index in [1.807, 2.05) is 13.0 Å². The van der Waals surface area contributed by atoms with E-state index in [2.05, 4.69) is 18.2 Å². The summed E-state index contributed by atoms with van der Waals surface area (Å²) >= 11 is 0. The second-order valence-electron chi connectivity index (χ2n) is 3.87. The molecule has 0 aromatic rings. The molecule has 1 aliphatic carbocycles. The Morgan fingerprint density at radius 1 is 1.14 bits per heavy atom. The lowest BCUT2D eigenvalue weighted by molar-refractivity contribution is 0.0312. The van der Waals surface area contributed by atoms with Crippen LogP contribution in [-0.2, 0) is 4.74 Å². The molecule has 0 unspecified atom stereocenters. The van der Waals surface area contributed by atoms with Gasteiger partial charge in [-0.15, -0.1) is 0 Å². The first-order valence-corrected chi connectivity index (χ1v) is 5.83. The summed E-state index contributed by atoms with van der Waals surface area (Å²) in [4.78, 5) is 0. The zero-order chi connectivity index (χ0) is 10.1. The normalized spacial score (nSPS) is 19.8.